The lowest BCUT2D eigenvalue weighted by Gasteiger charge is -2.13. The second-order valence-corrected chi connectivity index (χ2v) is 5.95. The van der Waals surface area contributed by atoms with Gasteiger partial charge in [-0.15, -0.1) is 0 Å². The van der Waals surface area contributed by atoms with Gasteiger partial charge >= 0.3 is 5.97 Å². The first-order valence-corrected chi connectivity index (χ1v) is 8.64. The van der Waals surface area contributed by atoms with Crippen molar-refractivity contribution in [3.8, 4) is 11.5 Å². The number of carboxylic acid groups (broad SMARTS) is 1. The van der Waals surface area contributed by atoms with Gasteiger partial charge in [0.15, 0.2) is 18.1 Å². The van der Waals surface area contributed by atoms with Crippen molar-refractivity contribution in [1.29, 1.82) is 0 Å². The molecular formula is C19H18ClFN2O5. The molecule has 2 aromatic carbocycles. The van der Waals surface area contributed by atoms with Gasteiger partial charge in [-0.1, -0.05) is 23.7 Å². The van der Waals surface area contributed by atoms with Crippen LogP contribution in [0.5, 0.6) is 11.5 Å². The normalized spacial score (nSPS) is 10.7. The predicted octanol–water partition coefficient (Wildman–Crippen LogP) is 3.03. The Balaban J connectivity index is 2.04. The molecule has 0 aliphatic rings. The summed E-state index contributed by atoms with van der Waals surface area (Å²) in [4.78, 5) is 22.6. The van der Waals surface area contributed by atoms with Crippen LogP contribution in [0.15, 0.2) is 41.5 Å². The number of aliphatic carboxylic acids is 1. The third kappa shape index (κ3) is 6.55. The summed E-state index contributed by atoms with van der Waals surface area (Å²) in [6, 6.07) is 8.64. The molecule has 0 unspecified atom stereocenters. The highest BCUT2D eigenvalue weighted by Crippen LogP contribution is 2.36. The topological polar surface area (TPSA) is 97.2 Å². The fourth-order valence-corrected chi connectivity index (χ4v) is 2.48. The Hall–Kier alpha value is -3.13. The van der Waals surface area contributed by atoms with Gasteiger partial charge in [-0.2, -0.15) is 5.10 Å². The highest BCUT2D eigenvalue weighted by Gasteiger charge is 2.13. The van der Waals surface area contributed by atoms with Gasteiger partial charge in [-0.05, 0) is 42.3 Å². The SMILES string of the molecule is CCOc1cc(/C=N/NC(=O)Cc2ccc(F)cc2)cc(Cl)c1OCC(=O)O. The minimum Gasteiger partial charge on any atom is -0.490 e. The predicted molar refractivity (Wildman–Crippen MR) is 102 cm³/mol. The number of halogens is 2. The number of ether oxygens (including phenoxy) is 2. The number of carbonyl (C=O) groups excluding carboxylic acids is 1. The van der Waals surface area contributed by atoms with Crippen molar-refractivity contribution in [1.82, 2.24) is 5.43 Å². The Bertz CT molecular complexity index is 871. The molecule has 0 aromatic heterocycles. The average Bonchev–Trinajstić information content (AvgIpc) is 2.63. The molecule has 0 spiro atoms. The Morgan fingerprint density at radius 3 is 2.61 bits per heavy atom. The number of benzene rings is 2. The molecular weight excluding hydrogens is 391 g/mol. The number of hydrogen-bond donors (Lipinski definition) is 2. The van der Waals surface area contributed by atoms with Crippen LogP contribution in [0.3, 0.4) is 0 Å². The summed E-state index contributed by atoms with van der Waals surface area (Å²) < 4.78 is 23.4. The van der Waals surface area contributed by atoms with Crippen molar-refractivity contribution in [3.63, 3.8) is 0 Å². The summed E-state index contributed by atoms with van der Waals surface area (Å²) in [7, 11) is 0. The van der Waals surface area contributed by atoms with Crippen molar-refractivity contribution in [2.75, 3.05) is 13.2 Å². The quantitative estimate of drug-likeness (QED) is 0.491. The summed E-state index contributed by atoms with van der Waals surface area (Å²) in [6.07, 6.45) is 1.41. The largest absolute Gasteiger partial charge is 0.490 e. The molecule has 0 aliphatic carbocycles. The molecule has 0 fully saturated rings. The van der Waals surface area contributed by atoms with Gasteiger partial charge in [0, 0.05) is 0 Å². The molecule has 0 saturated carbocycles. The van der Waals surface area contributed by atoms with E-state index in [0.29, 0.717) is 17.7 Å². The van der Waals surface area contributed by atoms with Crippen LogP contribution in [0.4, 0.5) is 4.39 Å². The molecule has 0 atom stereocenters. The van der Waals surface area contributed by atoms with E-state index in [4.69, 9.17) is 26.2 Å². The van der Waals surface area contributed by atoms with E-state index >= 15 is 0 Å². The van der Waals surface area contributed by atoms with Crippen LogP contribution in [0, 0.1) is 5.82 Å². The molecule has 2 aromatic rings. The van der Waals surface area contributed by atoms with Crippen LogP contribution in [-0.2, 0) is 16.0 Å². The molecule has 2 rings (SSSR count). The third-order valence-electron chi connectivity index (χ3n) is 3.35. The number of nitrogens with one attached hydrogen (secondary N) is 1. The van der Waals surface area contributed by atoms with Crippen LogP contribution in [0.25, 0.3) is 0 Å². The summed E-state index contributed by atoms with van der Waals surface area (Å²) >= 11 is 6.14. The van der Waals surface area contributed by atoms with E-state index in [0.717, 1.165) is 0 Å². The molecule has 1 amide bonds. The number of carbonyl (C=O) groups is 2. The summed E-state index contributed by atoms with van der Waals surface area (Å²) in [5.41, 5.74) is 3.52. The molecule has 0 bridgehead atoms. The molecule has 9 heteroatoms. The number of nitrogens with zero attached hydrogens (tertiary/aromatic N) is 1. The fourth-order valence-electron chi connectivity index (χ4n) is 2.21. The second-order valence-electron chi connectivity index (χ2n) is 5.54. The molecule has 0 saturated heterocycles. The maximum absolute atomic E-state index is 12.9. The zero-order valence-corrected chi connectivity index (χ0v) is 15.7. The number of rotatable bonds is 9. The molecule has 0 radical (unpaired) electrons. The average molecular weight is 409 g/mol. The third-order valence-corrected chi connectivity index (χ3v) is 3.63. The second kappa shape index (κ2) is 10.3. The molecule has 0 aliphatic heterocycles. The van der Waals surface area contributed by atoms with Gasteiger partial charge in [-0.25, -0.2) is 14.6 Å². The van der Waals surface area contributed by atoms with Crippen molar-refractivity contribution in [2.24, 2.45) is 5.10 Å². The summed E-state index contributed by atoms with van der Waals surface area (Å²) in [6.45, 7) is 1.51. The summed E-state index contributed by atoms with van der Waals surface area (Å²) in [5.74, 6) is -1.52. The maximum atomic E-state index is 12.9. The van der Waals surface area contributed by atoms with Gasteiger partial charge in [0.05, 0.1) is 24.3 Å². The maximum Gasteiger partial charge on any atom is 0.341 e. The number of hydrogen-bond acceptors (Lipinski definition) is 5. The Morgan fingerprint density at radius 2 is 1.96 bits per heavy atom. The van der Waals surface area contributed by atoms with Crippen molar-refractivity contribution in [2.45, 2.75) is 13.3 Å². The van der Waals surface area contributed by atoms with E-state index in [1.54, 1.807) is 13.0 Å². The van der Waals surface area contributed by atoms with Gasteiger partial charge in [0.1, 0.15) is 5.82 Å². The van der Waals surface area contributed by atoms with Gasteiger partial charge in [-0.3, -0.25) is 4.79 Å². The van der Waals surface area contributed by atoms with E-state index in [9.17, 15) is 14.0 Å². The van der Waals surface area contributed by atoms with Crippen LogP contribution in [-0.4, -0.2) is 36.4 Å². The Morgan fingerprint density at radius 1 is 1.25 bits per heavy atom. The van der Waals surface area contributed by atoms with E-state index in [-0.39, 0.29) is 34.7 Å². The van der Waals surface area contributed by atoms with Crippen LogP contribution < -0.4 is 14.9 Å². The molecule has 2 N–H and O–H groups in total. The standard InChI is InChI=1S/C19H18ClFN2O5/c1-2-27-16-8-13(7-15(20)19(16)28-11-18(25)26)10-22-23-17(24)9-12-3-5-14(21)6-4-12/h3-8,10H,2,9,11H2,1H3,(H,23,24)(H,25,26)/b22-10+. The van der Waals surface area contributed by atoms with Crippen molar-refractivity contribution < 1.29 is 28.6 Å². The van der Waals surface area contributed by atoms with Crippen molar-refractivity contribution >= 4 is 29.7 Å². The minimum absolute atomic E-state index is 0.0462. The summed E-state index contributed by atoms with van der Waals surface area (Å²) in [5, 5.41) is 12.7. The lowest BCUT2D eigenvalue weighted by molar-refractivity contribution is -0.139. The first kappa shape index (κ1) is 21.2. The number of hydrazone groups is 1. The molecule has 28 heavy (non-hydrogen) atoms. The Kier molecular flexibility index (Phi) is 7.76. The highest BCUT2D eigenvalue weighted by molar-refractivity contribution is 6.32. The monoisotopic (exact) mass is 408 g/mol. The first-order chi connectivity index (χ1) is 13.4. The van der Waals surface area contributed by atoms with E-state index in [2.05, 4.69) is 10.5 Å². The van der Waals surface area contributed by atoms with Gasteiger partial charge < -0.3 is 14.6 Å². The molecule has 148 valence electrons. The van der Waals surface area contributed by atoms with Crippen molar-refractivity contribution in [3.05, 3.63) is 58.4 Å². The molecule has 0 heterocycles. The lowest BCUT2D eigenvalue weighted by Crippen LogP contribution is -2.19. The zero-order chi connectivity index (χ0) is 20.5. The van der Waals surface area contributed by atoms with Crippen LogP contribution in [0.1, 0.15) is 18.1 Å². The Labute approximate surface area is 165 Å². The van der Waals surface area contributed by atoms with E-state index in [1.165, 1.54) is 36.5 Å². The van der Waals surface area contributed by atoms with Crippen LogP contribution in [0.2, 0.25) is 5.02 Å². The lowest BCUT2D eigenvalue weighted by atomic mass is 10.1. The first-order valence-electron chi connectivity index (χ1n) is 8.26. The fraction of sp³-hybridized carbons (Fsp3) is 0.211. The van der Waals surface area contributed by atoms with E-state index in [1.807, 2.05) is 0 Å². The smallest absolute Gasteiger partial charge is 0.341 e. The van der Waals surface area contributed by atoms with Gasteiger partial charge in [0.25, 0.3) is 0 Å². The highest BCUT2D eigenvalue weighted by atomic mass is 35.5. The van der Waals surface area contributed by atoms with Gasteiger partial charge in [0.2, 0.25) is 5.91 Å². The molecule has 7 nitrogen and oxygen atoms in total. The zero-order valence-electron chi connectivity index (χ0n) is 14.9. The van der Waals surface area contributed by atoms with Crippen LogP contribution >= 0.6 is 11.6 Å². The number of amides is 1. The number of carboxylic acids is 1. The minimum atomic E-state index is -1.15. The van der Waals surface area contributed by atoms with E-state index < -0.39 is 12.6 Å².